The normalized spacial score (nSPS) is 16.1. The van der Waals surface area contributed by atoms with Crippen LogP contribution in [0.5, 0.6) is 0 Å². The van der Waals surface area contributed by atoms with Gasteiger partial charge in [0, 0.05) is 0 Å². The summed E-state index contributed by atoms with van der Waals surface area (Å²) in [7, 11) is 0. The number of hydrogen-bond acceptors (Lipinski definition) is 2. The maximum atomic E-state index is 5.84. The highest BCUT2D eigenvalue weighted by molar-refractivity contribution is 4.70. The topological polar surface area (TPSA) is 18.5 Å². The minimum absolute atomic E-state index is 0.268. The van der Waals surface area contributed by atoms with E-state index in [0.717, 1.165) is 19.1 Å². The zero-order chi connectivity index (χ0) is 12.7. The van der Waals surface area contributed by atoms with Crippen molar-refractivity contribution in [2.24, 2.45) is 11.8 Å². The molecule has 2 atom stereocenters. The van der Waals surface area contributed by atoms with Gasteiger partial charge >= 0.3 is 0 Å². The summed E-state index contributed by atoms with van der Waals surface area (Å²) in [5.74, 6) is 1.06. The number of rotatable bonds is 8. The molecule has 0 aliphatic heterocycles. The summed E-state index contributed by atoms with van der Waals surface area (Å²) in [6.45, 7) is 15.0. The molecule has 0 aliphatic rings. The van der Waals surface area contributed by atoms with Crippen LogP contribution >= 0.6 is 0 Å². The molecule has 97 valence electrons. The fraction of sp³-hybridized carbons (Fsp3) is 0.929. The minimum Gasteiger partial charge on any atom is -0.342 e. The van der Waals surface area contributed by atoms with Gasteiger partial charge in [-0.2, -0.15) is 0 Å². The quantitative estimate of drug-likeness (QED) is 0.614. The van der Waals surface area contributed by atoms with Crippen molar-refractivity contribution in [3.63, 3.8) is 0 Å². The molecule has 1 radical (unpaired) electrons. The van der Waals surface area contributed by atoms with E-state index in [9.17, 15) is 0 Å². The van der Waals surface area contributed by atoms with Gasteiger partial charge in [0.2, 0.25) is 6.29 Å². The van der Waals surface area contributed by atoms with Crippen molar-refractivity contribution in [1.82, 2.24) is 0 Å². The van der Waals surface area contributed by atoms with Crippen LogP contribution in [0.1, 0.15) is 61.3 Å². The second-order valence-electron chi connectivity index (χ2n) is 5.11. The predicted octanol–water partition coefficient (Wildman–Crippen LogP) is 4.40. The van der Waals surface area contributed by atoms with Gasteiger partial charge in [0.05, 0.1) is 12.2 Å². The van der Waals surface area contributed by atoms with Crippen LogP contribution < -0.4 is 0 Å². The molecule has 0 aromatic heterocycles. The summed E-state index contributed by atoms with van der Waals surface area (Å²) in [5.41, 5.74) is 0. The molecule has 16 heavy (non-hydrogen) atoms. The highest BCUT2D eigenvalue weighted by Crippen LogP contribution is 2.21. The number of hydrogen-bond donors (Lipinski definition) is 0. The Labute approximate surface area is 102 Å². The summed E-state index contributed by atoms with van der Waals surface area (Å²) >= 11 is 0. The van der Waals surface area contributed by atoms with Crippen LogP contribution in [0.2, 0.25) is 0 Å². The largest absolute Gasteiger partial charge is 0.342 e. The molecule has 0 rings (SSSR count). The lowest BCUT2D eigenvalue weighted by Crippen LogP contribution is -2.26. The SMILES string of the molecule is CCC(O[C](C)OC(CC)C(C)C)C(C)C. The molecular weight excluding hydrogens is 200 g/mol. The molecule has 0 aromatic rings. The molecule has 0 aliphatic carbocycles. The van der Waals surface area contributed by atoms with Crippen LogP contribution in [-0.2, 0) is 9.47 Å². The third-order valence-corrected chi connectivity index (χ3v) is 2.93. The van der Waals surface area contributed by atoms with E-state index in [4.69, 9.17) is 9.47 Å². The zero-order valence-corrected chi connectivity index (χ0v) is 12.0. The second kappa shape index (κ2) is 8.08. The third-order valence-electron chi connectivity index (χ3n) is 2.93. The average Bonchev–Trinajstić information content (AvgIpc) is 2.21. The zero-order valence-electron chi connectivity index (χ0n) is 12.0. The highest BCUT2D eigenvalue weighted by atomic mass is 16.7. The lowest BCUT2D eigenvalue weighted by Gasteiger charge is -2.27. The van der Waals surface area contributed by atoms with Crippen molar-refractivity contribution in [2.75, 3.05) is 0 Å². The van der Waals surface area contributed by atoms with Crippen molar-refractivity contribution in [2.45, 2.75) is 73.5 Å². The van der Waals surface area contributed by atoms with Crippen molar-refractivity contribution in [3.8, 4) is 0 Å². The summed E-state index contributed by atoms with van der Waals surface area (Å²) in [4.78, 5) is 0. The van der Waals surface area contributed by atoms with Gasteiger partial charge in [-0.05, 0) is 31.6 Å². The molecule has 2 unspecified atom stereocenters. The second-order valence-corrected chi connectivity index (χ2v) is 5.11. The number of ether oxygens (including phenoxy) is 2. The highest BCUT2D eigenvalue weighted by Gasteiger charge is 2.21. The van der Waals surface area contributed by atoms with Crippen LogP contribution in [0.3, 0.4) is 0 Å². The first kappa shape index (κ1) is 15.9. The van der Waals surface area contributed by atoms with Gasteiger partial charge in [-0.15, -0.1) is 0 Å². The standard InChI is InChI=1S/C14H29O2/c1-8-13(10(3)4)15-12(7)16-14(9-2)11(5)6/h10-11,13-14H,8-9H2,1-7H3. The van der Waals surface area contributed by atoms with Crippen LogP contribution in [-0.4, -0.2) is 12.2 Å². The van der Waals surface area contributed by atoms with Crippen molar-refractivity contribution >= 4 is 0 Å². The Balaban J connectivity index is 4.09. The van der Waals surface area contributed by atoms with Gasteiger partial charge in [0.1, 0.15) is 0 Å². The molecule has 0 aromatic carbocycles. The van der Waals surface area contributed by atoms with Crippen LogP contribution in [0.4, 0.5) is 0 Å². The van der Waals surface area contributed by atoms with Crippen LogP contribution in [0.15, 0.2) is 0 Å². The predicted molar refractivity (Wildman–Crippen MR) is 68.9 cm³/mol. The smallest absolute Gasteiger partial charge is 0.221 e. The van der Waals surface area contributed by atoms with Gasteiger partial charge in [0.25, 0.3) is 0 Å². The Morgan fingerprint density at radius 1 is 0.812 bits per heavy atom. The van der Waals surface area contributed by atoms with Gasteiger partial charge < -0.3 is 9.47 Å². The van der Waals surface area contributed by atoms with E-state index < -0.39 is 0 Å². The van der Waals surface area contributed by atoms with E-state index in [1.807, 2.05) is 6.92 Å². The van der Waals surface area contributed by atoms with Crippen molar-refractivity contribution in [3.05, 3.63) is 6.29 Å². The van der Waals surface area contributed by atoms with E-state index >= 15 is 0 Å². The Morgan fingerprint density at radius 3 is 1.31 bits per heavy atom. The summed E-state index contributed by atoms with van der Waals surface area (Å²) in [6.07, 6.45) is 3.31. The molecule has 2 heteroatoms. The molecule has 0 N–H and O–H groups in total. The van der Waals surface area contributed by atoms with Crippen molar-refractivity contribution < 1.29 is 9.47 Å². The van der Waals surface area contributed by atoms with Crippen LogP contribution in [0.25, 0.3) is 0 Å². The molecule has 0 fully saturated rings. The molecule has 0 amide bonds. The summed E-state index contributed by atoms with van der Waals surface area (Å²) in [6, 6.07) is 0. The van der Waals surface area contributed by atoms with Crippen LogP contribution in [0, 0.1) is 18.1 Å². The maximum Gasteiger partial charge on any atom is 0.221 e. The summed E-state index contributed by atoms with van der Waals surface area (Å²) < 4.78 is 11.7. The van der Waals surface area contributed by atoms with E-state index in [-0.39, 0.29) is 12.2 Å². The molecule has 0 spiro atoms. The van der Waals surface area contributed by atoms with E-state index in [1.165, 1.54) is 0 Å². The molecule has 0 bridgehead atoms. The van der Waals surface area contributed by atoms with Gasteiger partial charge in [0.15, 0.2) is 0 Å². The lowest BCUT2D eigenvalue weighted by molar-refractivity contribution is -0.123. The average molecular weight is 229 g/mol. The first-order valence-electron chi connectivity index (χ1n) is 6.59. The molecule has 2 nitrogen and oxygen atoms in total. The fourth-order valence-electron chi connectivity index (χ4n) is 1.84. The van der Waals surface area contributed by atoms with Crippen molar-refractivity contribution in [1.29, 1.82) is 0 Å². The molecular formula is C14H29O2. The Morgan fingerprint density at radius 2 is 1.12 bits per heavy atom. The van der Waals surface area contributed by atoms with E-state index in [0.29, 0.717) is 11.8 Å². The maximum absolute atomic E-state index is 5.84. The first-order valence-corrected chi connectivity index (χ1v) is 6.59. The minimum atomic E-state index is 0.268. The van der Waals surface area contributed by atoms with Gasteiger partial charge in [-0.3, -0.25) is 0 Å². The fourth-order valence-corrected chi connectivity index (χ4v) is 1.84. The Bertz CT molecular complexity index is 148. The van der Waals surface area contributed by atoms with E-state index in [2.05, 4.69) is 41.5 Å². The first-order chi connectivity index (χ1) is 7.42. The monoisotopic (exact) mass is 229 g/mol. The van der Waals surface area contributed by atoms with Gasteiger partial charge in [-0.25, -0.2) is 0 Å². The lowest BCUT2D eigenvalue weighted by atomic mass is 10.0. The third kappa shape index (κ3) is 5.86. The Hall–Kier alpha value is -0.0800. The van der Waals surface area contributed by atoms with E-state index in [1.54, 1.807) is 0 Å². The molecule has 0 saturated heterocycles. The van der Waals surface area contributed by atoms with Gasteiger partial charge in [-0.1, -0.05) is 41.5 Å². The summed E-state index contributed by atoms with van der Waals surface area (Å²) in [5, 5.41) is 0. The Kier molecular flexibility index (Phi) is 8.04. The molecule has 0 heterocycles. The molecule has 0 saturated carbocycles.